The highest BCUT2D eigenvalue weighted by Crippen LogP contribution is 2.42. The van der Waals surface area contributed by atoms with Crippen molar-refractivity contribution in [2.75, 3.05) is 7.11 Å². The lowest BCUT2D eigenvalue weighted by Gasteiger charge is -2.28. The van der Waals surface area contributed by atoms with E-state index < -0.39 is 5.97 Å². The number of ether oxygens (including phenoxy) is 1. The van der Waals surface area contributed by atoms with Crippen LogP contribution in [0.15, 0.2) is 79.0 Å². The Labute approximate surface area is 221 Å². The van der Waals surface area contributed by atoms with Crippen LogP contribution in [-0.4, -0.2) is 37.7 Å². The van der Waals surface area contributed by atoms with Gasteiger partial charge >= 0.3 is 5.97 Å². The van der Waals surface area contributed by atoms with Crippen LogP contribution >= 0.6 is 12.2 Å². The Morgan fingerprint density at radius 1 is 1.08 bits per heavy atom. The van der Waals surface area contributed by atoms with Gasteiger partial charge in [-0.1, -0.05) is 24.3 Å². The van der Waals surface area contributed by atoms with Crippen molar-refractivity contribution in [3.8, 4) is 11.4 Å². The van der Waals surface area contributed by atoms with Gasteiger partial charge in [-0.15, -0.1) is 0 Å². The zero-order valence-electron chi connectivity index (χ0n) is 20.9. The number of methoxy groups -OCH3 is 1. The van der Waals surface area contributed by atoms with Gasteiger partial charge in [0.2, 0.25) is 0 Å². The number of hydrogen-bond donors (Lipinski definition) is 2. The van der Waals surface area contributed by atoms with Gasteiger partial charge < -0.3 is 24.6 Å². The van der Waals surface area contributed by atoms with Crippen LogP contribution in [0.25, 0.3) is 5.69 Å². The molecule has 37 heavy (non-hydrogen) atoms. The summed E-state index contributed by atoms with van der Waals surface area (Å²) < 4.78 is 7.42. The molecule has 1 fully saturated rings. The summed E-state index contributed by atoms with van der Waals surface area (Å²) in [6.45, 7) is 4.72. The van der Waals surface area contributed by atoms with Gasteiger partial charge in [-0.3, -0.25) is 4.98 Å². The molecule has 0 amide bonds. The second-order valence-corrected chi connectivity index (χ2v) is 9.51. The fourth-order valence-electron chi connectivity index (χ4n) is 5.10. The molecular weight excluding hydrogens is 484 g/mol. The van der Waals surface area contributed by atoms with E-state index >= 15 is 0 Å². The molecule has 0 bridgehead atoms. The summed E-state index contributed by atoms with van der Waals surface area (Å²) in [6, 6.07) is 22.8. The maximum Gasteiger partial charge on any atom is 0.335 e. The molecule has 1 saturated heterocycles. The largest absolute Gasteiger partial charge is 0.497 e. The number of hydrogen-bond acceptors (Lipinski definition) is 4. The number of carboxylic acid groups (broad SMARTS) is 1. The summed E-state index contributed by atoms with van der Waals surface area (Å²) in [4.78, 5) is 18.5. The SMILES string of the molecule is COc1ccc(CN2C(=S)N[C@@H](c3ccccn3)[C@H]2c2cc(C)n(-c3cccc(C(=O)O)c3)c2C)cc1. The molecule has 1 aliphatic heterocycles. The molecule has 0 aliphatic carbocycles. The Hall–Kier alpha value is -4.17. The number of benzene rings is 2. The first kappa shape index (κ1) is 24.5. The number of aromatic carboxylic acids is 1. The van der Waals surface area contributed by atoms with E-state index in [4.69, 9.17) is 17.0 Å². The van der Waals surface area contributed by atoms with Crippen LogP contribution in [0.4, 0.5) is 0 Å². The van der Waals surface area contributed by atoms with Gasteiger partial charge in [0, 0.05) is 29.8 Å². The molecule has 2 aromatic carbocycles. The van der Waals surface area contributed by atoms with E-state index in [-0.39, 0.29) is 17.6 Å². The monoisotopic (exact) mass is 512 g/mol. The van der Waals surface area contributed by atoms with Crippen LogP contribution in [0.1, 0.15) is 50.7 Å². The van der Waals surface area contributed by atoms with Gasteiger partial charge in [-0.05, 0) is 85.7 Å². The number of thiocarbonyl (C=S) groups is 1. The molecule has 0 radical (unpaired) electrons. The van der Waals surface area contributed by atoms with E-state index in [0.29, 0.717) is 11.7 Å². The highest BCUT2D eigenvalue weighted by molar-refractivity contribution is 7.80. The molecule has 188 valence electrons. The van der Waals surface area contributed by atoms with Crippen molar-refractivity contribution in [3.05, 3.63) is 113 Å². The minimum Gasteiger partial charge on any atom is -0.497 e. The molecular formula is C29H28N4O3S. The van der Waals surface area contributed by atoms with Gasteiger partial charge in [0.05, 0.1) is 30.5 Å². The lowest BCUT2D eigenvalue weighted by molar-refractivity contribution is 0.0697. The number of carboxylic acids is 1. The first-order valence-electron chi connectivity index (χ1n) is 12.0. The average Bonchev–Trinajstić information content (AvgIpc) is 3.39. The van der Waals surface area contributed by atoms with Crippen LogP contribution < -0.4 is 10.1 Å². The van der Waals surface area contributed by atoms with Gasteiger partial charge in [0.15, 0.2) is 5.11 Å². The second kappa shape index (κ2) is 10.1. The fraction of sp³-hybridized carbons (Fsp3) is 0.207. The van der Waals surface area contributed by atoms with Crippen molar-refractivity contribution in [3.63, 3.8) is 0 Å². The van der Waals surface area contributed by atoms with Gasteiger partial charge in [-0.2, -0.15) is 0 Å². The normalized spacial score (nSPS) is 17.1. The molecule has 2 N–H and O–H groups in total. The number of nitrogens with one attached hydrogen (secondary N) is 1. The van der Waals surface area contributed by atoms with Crippen molar-refractivity contribution in [1.29, 1.82) is 0 Å². The molecule has 5 rings (SSSR count). The molecule has 0 unspecified atom stereocenters. The third-order valence-electron chi connectivity index (χ3n) is 6.85. The molecule has 3 heterocycles. The third kappa shape index (κ3) is 4.68. The molecule has 2 aromatic heterocycles. The minimum atomic E-state index is -0.948. The predicted molar refractivity (Wildman–Crippen MR) is 146 cm³/mol. The lowest BCUT2D eigenvalue weighted by Crippen LogP contribution is -2.29. The number of pyridine rings is 1. The first-order chi connectivity index (χ1) is 17.9. The van der Waals surface area contributed by atoms with Gasteiger partial charge in [0.1, 0.15) is 5.75 Å². The van der Waals surface area contributed by atoms with Crippen molar-refractivity contribution in [2.24, 2.45) is 0 Å². The maximum atomic E-state index is 11.6. The number of aryl methyl sites for hydroxylation is 1. The highest BCUT2D eigenvalue weighted by atomic mass is 32.1. The Morgan fingerprint density at radius 2 is 1.86 bits per heavy atom. The average molecular weight is 513 g/mol. The van der Waals surface area contributed by atoms with E-state index in [1.807, 2.05) is 55.5 Å². The van der Waals surface area contributed by atoms with E-state index in [0.717, 1.165) is 39.6 Å². The summed E-state index contributed by atoms with van der Waals surface area (Å²) >= 11 is 5.85. The summed E-state index contributed by atoms with van der Waals surface area (Å²) in [5.41, 5.74) is 6.22. The van der Waals surface area contributed by atoms with Gasteiger partial charge in [0.25, 0.3) is 0 Å². The standard InChI is InChI=1S/C29H28N4O3S/c1-18-15-24(19(2)33(18)22-8-6-7-21(16-22)28(34)35)27-26(25-9-4-5-14-30-25)31-29(37)32(27)17-20-10-12-23(36-3)13-11-20/h4-16,26-27H,17H2,1-3H3,(H,31,37)(H,34,35)/t26-,27+/m0/s1. The Morgan fingerprint density at radius 3 is 2.54 bits per heavy atom. The summed E-state index contributed by atoms with van der Waals surface area (Å²) in [6.07, 6.45) is 1.80. The molecule has 7 nitrogen and oxygen atoms in total. The zero-order chi connectivity index (χ0) is 26.1. The number of carbonyl (C=O) groups is 1. The molecule has 0 saturated carbocycles. The molecule has 4 aromatic rings. The van der Waals surface area contributed by atoms with Crippen LogP contribution in [0, 0.1) is 13.8 Å². The number of rotatable bonds is 7. The Kier molecular flexibility index (Phi) is 6.67. The van der Waals surface area contributed by atoms with Crippen molar-refractivity contribution in [2.45, 2.75) is 32.5 Å². The maximum absolute atomic E-state index is 11.6. The third-order valence-corrected chi connectivity index (χ3v) is 7.20. The Bertz CT molecular complexity index is 1450. The van der Waals surface area contributed by atoms with E-state index in [1.165, 1.54) is 0 Å². The smallest absolute Gasteiger partial charge is 0.335 e. The quantitative estimate of drug-likeness (QED) is 0.322. The highest BCUT2D eigenvalue weighted by Gasteiger charge is 2.41. The Balaban J connectivity index is 1.60. The van der Waals surface area contributed by atoms with Crippen molar-refractivity contribution in [1.82, 2.24) is 19.8 Å². The van der Waals surface area contributed by atoms with Crippen LogP contribution in [0.5, 0.6) is 5.75 Å². The summed E-state index contributed by atoms with van der Waals surface area (Å²) in [5.74, 6) is -0.142. The topological polar surface area (TPSA) is 79.6 Å². The van der Waals surface area contributed by atoms with Crippen molar-refractivity contribution < 1.29 is 14.6 Å². The van der Waals surface area contributed by atoms with E-state index in [1.54, 1.807) is 31.5 Å². The fourth-order valence-corrected chi connectivity index (χ4v) is 5.41. The molecule has 8 heteroatoms. The first-order valence-corrected chi connectivity index (χ1v) is 12.4. The van der Waals surface area contributed by atoms with Crippen molar-refractivity contribution >= 4 is 23.3 Å². The molecule has 0 spiro atoms. The van der Waals surface area contributed by atoms with Crippen LogP contribution in [0.3, 0.4) is 0 Å². The lowest BCUT2D eigenvalue weighted by atomic mass is 9.96. The van der Waals surface area contributed by atoms with E-state index in [2.05, 4.69) is 32.8 Å². The molecule has 2 atom stereocenters. The summed E-state index contributed by atoms with van der Waals surface area (Å²) in [5, 5.41) is 13.7. The second-order valence-electron chi connectivity index (χ2n) is 9.12. The minimum absolute atomic E-state index is 0.118. The summed E-state index contributed by atoms with van der Waals surface area (Å²) in [7, 11) is 1.66. The van der Waals surface area contributed by atoms with Crippen LogP contribution in [-0.2, 0) is 6.54 Å². The number of nitrogens with zero attached hydrogens (tertiary/aromatic N) is 3. The van der Waals surface area contributed by atoms with Crippen LogP contribution in [0.2, 0.25) is 0 Å². The van der Waals surface area contributed by atoms with E-state index in [9.17, 15) is 9.90 Å². The van der Waals surface area contributed by atoms with Gasteiger partial charge in [-0.25, -0.2) is 4.79 Å². The number of aromatic nitrogens is 2. The zero-order valence-corrected chi connectivity index (χ0v) is 21.7. The predicted octanol–water partition coefficient (Wildman–Crippen LogP) is 5.37. The molecule has 1 aliphatic rings.